The zero-order chi connectivity index (χ0) is 10.8. The van der Waals surface area contributed by atoms with Gasteiger partial charge in [-0.1, -0.05) is 38.1 Å². The maximum Gasteiger partial charge on any atom is 0.0138 e. The Kier molecular flexibility index (Phi) is 3.33. The first kappa shape index (κ1) is 11.3. The molecule has 2 N–H and O–H groups in total. The predicted octanol–water partition coefficient (Wildman–Crippen LogP) is 3.09. The van der Waals surface area contributed by atoms with E-state index in [-0.39, 0.29) is 5.54 Å². The first-order valence-electron chi connectivity index (χ1n) is 5.26. The smallest absolute Gasteiger partial charge is 0.0138 e. The molecule has 1 aromatic carbocycles. The maximum atomic E-state index is 5.97. The van der Waals surface area contributed by atoms with Crippen LogP contribution in [0.1, 0.15) is 44.7 Å². The average Bonchev–Trinajstić information content (AvgIpc) is 2.02. The molecule has 0 aliphatic carbocycles. The minimum absolute atomic E-state index is 0.112. The van der Waals surface area contributed by atoms with Crippen molar-refractivity contribution in [2.45, 2.75) is 45.6 Å². The monoisotopic (exact) mass is 191 g/mol. The molecule has 0 radical (unpaired) electrons. The number of benzene rings is 1. The van der Waals surface area contributed by atoms with Crippen molar-refractivity contribution >= 4 is 0 Å². The van der Waals surface area contributed by atoms with Crippen molar-refractivity contribution in [3.8, 4) is 0 Å². The zero-order valence-electron chi connectivity index (χ0n) is 9.67. The van der Waals surface area contributed by atoms with E-state index in [0.717, 1.165) is 6.42 Å². The summed E-state index contributed by atoms with van der Waals surface area (Å²) in [7, 11) is 0. The summed E-state index contributed by atoms with van der Waals surface area (Å²) in [5, 5.41) is 0. The first-order chi connectivity index (χ1) is 6.38. The summed E-state index contributed by atoms with van der Waals surface area (Å²) in [4.78, 5) is 0. The fraction of sp³-hybridized carbons (Fsp3) is 0.538. The van der Waals surface area contributed by atoms with Gasteiger partial charge in [-0.15, -0.1) is 0 Å². The maximum absolute atomic E-state index is 5.97. The van der Waals surface area contributed by atoms with Gasteiger partial charge in [0.25, 0.3) is 0 Å². The Morgan fingerprint density at radius 2 is 1.64 bits per heavy atom. The van der Waals surface area contributed by atoms with Crippen molar-refractivity contribution in [1.82, 2.24) is 0 Å². The van der Waals surface area contributed by atoms with Gasteiger partial charge in [0.2, 0.25) is 0 Å². The molecule has 78 valence electrons. The van der Waals surface area contributed by atoms with Crippen LogP contribution in [-0.2, 0) is 6.42 Å². The molecule has 0 aliphatic heterocycles. The van der Waals surface area contributed by atoms with Crippen LogP contribution >= 0.6 is 0 Å². The van der Waals surface area contributed by atoms with Gasteiger partial charge in [-0.05, 0) is 37.3 Å². The zero-order valence-corrected chi connectivity index (χ0v) is 9.67. The molecular weight excluding hydrogens is 170 g/mol. The molecule has 1 heteroatoms. The highest BCUT2D eigenvalue weighted by Gasteiger charge is 2.11. The Hall–Kier alpha value is -0.820. The Balaban J connectivity index is 2.74. The van der Waals surface area contributed by atoms with Gasteiger partial charge in [-0.3, -0.25) is 0 Å². The van der Waals surface area contributed by atoms with E-state index >= 15 is 0 Å². The molecule has 1 rings (SSSR count). The van der Waals surface area contributed by atoms with E-state index in [1.165, 1.54) is 11.1 Å². The summed E-state index contributed by atoms with van der Waals surface area (Å²) in [5.74, 6) is 0.606. The molecule has 0 aliphatic rings. The molecule has 1 nitrogen and oxygen atoms in total. The highest BCUT2D eigenvalue weighted by Crippen LogP contribution is 2.16. The van der Waals surface area contributed by atoms with Gasteiger partial charge in [0.15, 0.2) is 0 Å². The summed E-state index contributed by atoms with van der Waals surface area (Å²) in [6.45, 7) is 8.54. The van der Waals surface area contributed by atoms with E-state index < -0.39 is 0 Å². The van der Waals surface area contributed by atoms with Crippen LogP contribution in [0.25, 0.3) is 0 Å². The number of hydrogen-bond acceptors (Lipinski definition) is 1. The van der Waals surface area contributed by atoms with Gasteiger partial charge >= 0.3 is 0 Å². The SMILES string of the molecule is CC(C)c1ccc(CC(C)(C)N)cc1. The van der Waals surface area contributed by atoms with E-state index in [4.69, 9.17) is 5.73 Å². The second-order valence-electron chi connectivity index (χ2n) is 5.06. The fourth-order valence-electron chi connectivity index (χ4n) is 1.55. The van der Waals surface area contributed by atoms with Crippen molar-refractivity contribution in [3.63, 3.8) is 0 Å². The van der Waals surface area contributed by atoms with Gasteiger partial charge in [-0.25, -0.2) is 0 Å². The molecule has 1 aromatic rings. The molecule has 0 aromatic heterocycles. The molecule has 14 heavy (non-hydrogen) atoms. The van der Waals surface area contributed by atoms with Crippen molar-refractivity contribution in [2.24, 2.45) is 5.73 Å². The lowest BCUT2D eigenvalue weighted by atomic mass is 9.94. The molecule has 0 saturated heterocycles. The summed E-state index contributed by atoms with van der Waals surface area (Å²) in [6, 6.07) is 8.77. The van der Waals surface area contributed by atoms with E-state index in [1.54, 1.807) is 0 Å². The van der Waals surface area contributed by atoms with Gasteiger partial charge in [0, 0.05) is 5.54 Å². The van der Waals surface area contributed by atoms with E-state index in [9.17, 15) is 0 Å². The Morgan fingerprint density at radius 1 is 1.14 bits per heavy atom. The third kappa shape index (κ3) is 3.51. The van der Waals surface area contributed by atoms with Crippen molar-refractivity contribution in [1.29, 1.82) is 0 Å². The third-order valence-corrected chi connectivity index (χ3v) is 2.31. The number of nitrogens with two attached hydrogens (primary N) is 1. The van der Waals surface area contributed by atoms with Gasteiger partial charge < -0.3 is 5.73 Å². The highest BCUT2D eigenvalue weighted by atomic mass is 14.7. The summed E-state index contributed by atoms with van der Waals surface area (Å²) < 4.78 is 0. The Bertz CT molecular complexity index is 277. The number of rotatable bonds is 3. The van der Waals surface area contributed by atoms with E-state index in [0.29, 0.717) is 5.92 Å². The minimum atomic E-state index is -0.112. The predicted molar refractivity (Wildman–Crippen MR) is 62.5 cm³/mol. The van der Waals surface area contributed by atoms with Crippen LogP contribution in [0.4, 0.5) is 0 Å². The standard InChI is InChI=1S/C13H21N/c1-10(2)12-7-5-11(6-8-12)9-13(3,4)14/h5-8,10H,9,14H2,1-4H3. The average molecular weight is 191 g/mol. The van der Waals surface area contributed by atoms with Crippen LogP contribution in [0, 0.1) is 0 Å². The number of hydrogen-bond donors (Lipinski definition) is 1. The molecule has 0 saturated carbocycles. The van der Waals surface area contributed by atoms with E-state index in [2.05, 4.69) is 52.0 Å². The van der Waals surface area contributed by atoms with Gasteiger partial charge in [0.1, 0.15) is 0 Å². The van der Waals surface area contributed by atoms with Crippen LogP contribution in [0.15, 0.2) is 24.3 Å². The molecule has 0 heterocycles. The van der Waals surface area contributed by atoms with Gasteiger partial charge in [-0.2, -0.15) is 0 Å². The Labute approximate surface area is 87.3 Å². The minimum Gasteiger partial charge on any atom is -0.325 e. The summed E-state index contributed by atoms with van der Waals surface area (Å²) in [6.07, 6.45) is 0.936. The van der Waals surface area contributed by atoms with Gasteiger partial charge in [0.05, 0.1) is 0 Å². The lowest BCUT2D eigenvalue weighted by molar-refractivity contribution is 0.516. The van der Waals surface area contributed by atoms with Crippen molar-refractivity contribution in [2.75, 3.05) is 0 Å². The largest absolute Gasteiger partial charge is 0.325 e. The lowest BCUT2D eigenvalue weighted by Crippen LogP contribution is -2.34. The molecule has 0 atom stereocenters. The third-order valence-electron chi connectivity index (χ3n) is 2.31. The molecule has 0 bridgehead atoms. The highest BCUT2D eigenvalue weighted by molar-refractivity contribution is 5.25. The normalized spacial score (nSPS) is 12.1. The molecule has 0 fully saturated rings. The quantitative estimate of drug-likeness (QED) is 0.780. The van der Waals surface area contributed by atoms with Crippen LogP contribution in [0.2, 0.25) is 0 Å². The molecule has 0 unspecified atom stereocenters. The topological polar surface area (TPSA) is 26.0 Å². The van der Waals surface area contributed by atoms with Crippen LogP contribution in [0.5, 0.6) is 0 Å². The molecular formula is C13H21N. The van der Waals surface area contributed by atoms with E-state index in [1.807, 2.05) is 0 Å². The molecule has 0 spiro atoms. The summed E-state index contributed by atoms with van der Waals surface area (Å²) >= 11 is 0. The van der Waals surface area contributed by atoms with Crippen LogP contribution < -0.4 is 5.73 Å². The van der Waals surface area contributed by atoms with Crippen LogP contribution in [-0.4, -0.2) is 5.54 Å². The Morgan fingerprint density at radius 3 is 2.00 bits per heavy atom. The van der Waals surface area contributed by atoms with Crippen molar-refractivity contribution < 1.29 is 0 Å². The first-order valence-corrected chi connectivity index (χ1v) is 5.26. The lowest BCUT2D eigenvalue weighted by Gasteiger charge is -2.18. The fourth-order valence-corrected chi connectivity index (χ4v) is 1.55. The van der Waals surface area contributed by atoms with Crippen LogP contribution in [0.3, 0.4) is 0 Å². The molecule has 0 amide bonds. The second kappa shape index (κ2) is 4.14. The summed E-state index contributed by atoms with van der Waals surface area (Å²) in [5.41, 5.74) is 8.57. The second-order valence-corrected chi connectivity index (χ2v) is 5.06. The van der Waals surface area contributed by atoms with Crippen molar-refractivity contribution in [3.05, 3.63) is 35.4 Å².